The van der Waals surface area contributed by atoms with Crippen LogP contribution in [0.5, 0.6) is 0 Å². The predicted octanol–water partition coefficient (Wildman–Crippen LogP) is 4.47. The van der Waals surface area contributed by atoms with E-state index in [1.54, 1.807) is 0 Å². The topological polar surface area (TPSA) is 239 Å². The summed E-state index contributed by atoms with van der Waals surface area (Å²) >= 11 is 11.5. The third-order valence-corrected chi connectivity index (χ3v) is 6.97. The zero-order chi connectivity index (χ0) is 28.5. The number of aromatic nitrogens is 3. The van der Waals surface area contributed by atoms with Crippen LogP contribution in [0.2, 0.25) is 10.6 Å². The molecule has 1 heterocycles. The molecule has 0 bridgehead atoms. The third-order valence-electron chi connectivity index (χ3n) is 4.82. The van der Waals surface area contributed by atoms with Crippen LogP contribution in [0.25, 0.3) is 10.8 Å². The van der Waals surface area contributed by atoms with Gasteiger partial charge in [0.2, 0.25) is 16.5 Å². The monoisotopic (exact) mass is 612 g/mol. The first-order chi connectivity index (χ1) is 18.2. The molecule has 0 aliphatic rings. The highest BCUT2D eigenvalue weighted by atomic mass is 35.5. The highest BCUT2D eigenvalue weighted by Gasteiger charge is 2.21. The Labute approximate surface area is 229 Å². The van der Waals surface area contributed by atoms with E-state index in [4.69, 9.17) is 28.9 Å². The molecule has 0 aliphatic carbocycles. The third kappa shape index (κ3) is 6.72. The van der Waals surface area contributed by atoms with Gasteiger partial charge in [0.25, 0.3) is 20.2 Å². The van der Waals surface area contributed by atoms with E-state index in [0.717, 1.165) is 18.2 Å². The van der Waals surface area contributed by atoms with E-state index >= 15 is 0 Å². The van der Waals surface area contributed by atoms with Crippen molar-refractivity contribution in [2.75, 3.05) is 10.6 Å². The number of nitrogens with one attached hydrogen (secondary N) is 2. The van der Waals surface area contributed by atoms with Crippen LogP contribution in [-0.2, 0) is 20.2 Å². The molecular formula is C20H14Cl2N8O7S2. The van der Waals surface area contributed by atoms with Gasteiger partial charge < -0.3 is 16.4 Å². The summed E-state index contributed by atoms with van der Waals surface area (Å²) < 4.78 is 67.0. The van der Waals surface area contributed by atoms with Crippen molar-refractivity contribution in [3.8, 4) is 0 Å². The number of urea groups is 1. The second-order valence-electron chi connectivity index (χ2n) is 7.49. The normalized spacial score (nSPS) is 12.1. The quantitative estimate of drug-likeness (QED) is 0.144. The Balaban J connectivity index is 1.80. The molecule has 15 nitrogen and oxygen atoms in total. The van der Waals surface area contributed by atoms with Gasteiger partial charge in [-0.25, -0.2) is 4.79 Å². The van der Waals surface area contributed by atoms with Crippen LogP contribution in [0.15, 0.2) is 68.6 Å². The van der Waals surface area contributed by atoms with Gasteiger partial charge in [-0.05, 0) is 59.6 Å². The zero-order valence-electron chi connectivity index (χ0n) is 18.9. The van der Waals surface area contributed by atoms with Crippen molar-refractivity contribution >= 4 is 88.9 Å². The number of nitrogens with zero attached hydrogens (tertiary/aromatic N) is 5. The number of benzene rings is 3. The van der Waals surface area contributed by atoms with Gasteiger partial charge in [0.05, 0.1) is 11.4 Å². The standard InChI is InChI=1S/C20H14Cl2N8O7S2/c21-17-26-18(22)28-20(27-17)24-9-4-5-13(14(7-9)25-19(23)31)30-29-10-6-12-11(16(8-10)39(35,36)37)2-1-3-15(12)38(32,33)34/h1-8H,(H3,23,25,31)(H,32,33,34)(H,35,36,37)(H,24,26,27,28). The van der Waals surface area contributed by atoms with Gasteiger partial charge in [-0.2, -0.15) is 36.9 Å². The largest absolute Gasteiger partial charge is 0.351 e. The van der Waals surface area contributed by atoms with Crippen molar-refractivity contribution < 1.29 is 30.7 Å². The molecule has 0 aliphatic heterocycles. The van der Waals surface area contributed by atoms with Gasteiger partial charge in [0.15, 0.2) is 0 Å². The Bertz CT molecular complexity index is 1870. The highest BCUT2D eigenvalue weighted by Crippen LogP contribution is 2.35. The maximum absolute atomic E-state index is 12.0. The summed E-state index contributed by atoms with van der Waals surface area (Å²) in [7, 11) is -9.64. The number of fused-ring (bicyclic) bond motifs is 1. The highest BCUT2D eigenvalue weighted by molar-refractivity contribution is 7.86. The van der Waals surface area contributed by atoms with Gasteiger partial charge in [-0.3, -0.25) is 9.11 Å². The number of carbonyl (C=O) groups excluding carboxylic acids is 1. The van der Waals surface area contributed by atoms with Crippen LogP contribution in [0, 0.1) is 0 Å². The minimum Gasteiger partial charge on any atom is -0.351 e. The summed E-state index contributed by atoms with van der Waals surface area (Å²) in [5, 5.41) is 12.3. The smallest absolute Gasteiger partial charge is 0.316 e. The predicted molar refractivity (Wildman–Crippen MR) is 141 cm³/mol. The molecule has 3 aromatic carbocycles. The van der Waals surface area contributed by atoms with E-state index in [2.05, 4.69) is 35.8 Å². The fourth-order valence-corrected chi connectivity index (χ4v) is 5.15. The second kappa shape index (κ2) is 10.6. The molecular weight excluding hydrogens is 599 g/mol. The minimum atomic E-state index is -4.86. The minimum absolute atomic E-state index is 0.0112. The average molecular weight is 613 g/mol. The Morgan fingerprint density at radius 1 is 0.846 bits per heavy atom. The molecule has 6 N–H and O–H groups in total. The molecule has 4 rings (SSSR count). The Hall–Kier alpha value is -4.00. The van der Waals surface area contributed by atoms with Gasteiger partial charge in [0, 0.05) is 16.5 Å². The van der Waals surface area contributed by atoms with Gasteiger partial charge in [-0.15, -0.1) is 5.11 Å². The first kappa shape index (κ1) is 28.0. The molecule has 0 fully saturated rings. The number of primary amides is 1. The van der Waals surface area contributed by atoms with Gasteiger partial charge in [0.1, 0.15) is 15.5 Å². The summed E-state index contributed by atoms with van der Waals surface area (Å²) in [6.45, 7) is 0. The molecule has 202 valence electrons. The molecule has 0 atom stereocenters. The molecule has 0 saturated heterocycles. The summed E-state index contributed by atoms with van der Waals surface area (Å²) in [6.07, 6.45) is 0. The number of amides is 2. The van der Waals surface area contributed by atoms with Crippen molar-refractivity contribution in [2.45, 2.75) is 9.79 Å². The maximum atomic E-state index is 12.0. The molecule has 2 amide bonds. The van der Waals surface area contributed by atoms with Gasteiger partial charge >= 0.3 is 6.03 Å². The number of azo groups is 1. The molecule has 4 aromatic rings. The Kier molecular flexibility index (Phi) is 7.64. The summed E-state index contributed by atoms with van der Waals surface area (Å²) in [6, 6.07) is 8.85. The van der Waals surface area contributed by atoms with Crippen molar-refractivity contribution in [1.29, 1.82) is 0 Å². The number of carbonyl (C=O) groups is 1. The van der Waals surface area contributed by atoms with Crippen molar-refractivity contribution in [1.82, 2.24) is 15.0 Å². The van der Waals surface area contributed by atoms with E-state index < -0.39 is 36.1 Å². The molecule has 0 saturated carbocycles. The van der Waals surface area contributed by atoms with E-state index in [1.807, 2.05) is 0 Å². The summed E-state index contributed by atoms with van der Waals surface area (Å²) in [5.74, 6) is -0.0112. The first-order valence-corrected chi connectivity index (χ1v) is 13.8. The van der Waals surface area contributed by atoms with Crippen molar-refractivity contribution in [2.24, 2.45) is 16.0 Å². The van der Waals surface area contributed by atoms with Crippen LogP contribution in [-0.4, -0.2) is 46.9 Å². The van der Waals surface area contributed by atoms with Gasteiger partial charge in [-0.1, -0.05) is 12.1 Å². The zero-order valence-corrected chi connectivity index (χ0v) is 22.1. The van der Waals surface area contributed by atoms with E-state index in [9.17, 15) is 30.7 Å². The number of anilines is 3. The SMILES string of the molecule is NC(=O)Nc1cc(Nc2nc(Cl)nc(Cl)n2)ccc1N=Nc1cc(S(=O)(=O)O)c2cccc(S(=O)(=O)O)c2c1. The van der Waals surface area contributed by atoms with Crippen molar-refractivity contribution in [3.05, 3.63) is 59.1 Å². The number of nitrogens with two attached hydrogens (primary N) is 1. The molecule has 1 aromatic heterocycles. The molecule has 0 unspecified atom stereocenters. The van der Waals surface area contributed by atoms with E-state index in [-0.39, 0.29) is 44.4 Å². The number of rotatable bonds is 7. The van der Waals surface area contributed by atoms with Crippen LogP contribution < -0.4 is 16.4 Å². The number of hydrogen-bond donors (Lipinski definition) is 5. The average Bonchev–Trinajstić information content (AvgIpc) is 2.80. The lowest BCUT2D eigenvalue weighted by atomic mass is 10.1. The van der Waals surface area contributed by atoms with E-state index in [0.29, 0.717) is 5.69 Å². The second-order valence-corrected chi connectivity index (χ2v) is 10.9. The summed E-state index contributed by atoms with van der Waals surface area (Å²) in [4.78, 5) is 21.6. The number of hydrogen-bond acceptors (Lipinski definition) is 11. The Morgan fingerprint density at radius 2 is 1.51 bits per heavy atom. The lowest BCUT2D eigenvalue weighted by Crippen LogP contribution is -2.19. The van der Waals surface area contributed by atoms with Crippen LogP contribution in [0.1, 0.15) is 0 Å². The van der Waals surface area contributed by atoms with Crippen LogP contribution >= 0.6 is 23.2 Å². The molecule has 0 spiro atoms. The van der Waals surface area contributed by atoms with Crippen LogP contribution in [0.3, 0.4) is 0 Å². The van der Waals surface area contributed by atoms with E-state index in [1.165, 1.54) is 30.3 Å². The maximum Gasteiger partial charge on any atom is 0.316 e. The fraction of sp³-hybridized carbons (Fsp3) is 0. The fourth-order valence-electron chi connectivity index (χ4n) is 3.36. The lowest BCUT2D eigenvalue weighted by molar-refractivity contribution is 0.259. The lowest BCUT2D eigenvalue weighted by Gasteiger charge is -2.10. The first-order valence-electron chi connectivity index (χ1n) is 10.2. The van der Waals surface area contributed by atoms with Crippen molar-refractivity contribution in [3.63, 3.8) is 0 Å². The van der Waals surface area contributed by atoms with Crippen LogP contribution in [0.4, 0.5) is 33.5 Å². The molecule has 19 heteroatoms. The molecule has 0 radical (unpaired) electrons. The summed E-state index contributed by atoms with van der Waals surface area (Å²) in [5.41, 5.74) is 5.43. The molecule has 39 heavy (non-hydrogen) atoms. The Morgan fingerprint density at radius 3 is 2.13 bits per heavy atom. The number of halogens is 2.